The Hall–Kier alpha value is -0.470. The molecule has 0 aliphatic rings. The molecule has 2 N–H and O–H groups in total. The van der Waals surface area contributed by atoms with Gasteiger partial charge in [0.2, 0.25) is 15.9 Å². The smallest absolute Gasteiger partial charge is 0.242 e. The number of hydrogen-bond acceptors (Lipinski definition) is 4. The Balaban J connectivity index is 3.00. The molecule has 0 bridgehead atoms. The predicted octanol–water partition coefficient (Wildman–Crippen LogP) is 2.92. The first kappa shape index (κ1) is 20.6. The van der Waals surface area contributed by atoms with Crippen molar-refractivity contribution < 1.29 is 13.2 Å². The van der Waals surface area contributed by atoms with Crippen molar-refractivity contribution in [3.63, 3.8) is 0 Å². The standard InChI is InChI=1S/C14H20Cl2N2O3S2/c1-3-7-17-14(19)12(6-8-22-2)18-23(20,21)13-9-10(15)4-5-11(13)16/h4-5,9,12,18H,3,6-8H2,1-2H3,(H,17,19). The number of halogens is 2. The van der Waals surface area contributed by atoms with Gasteiger partial charge in [0, 0.05) is 11.6 Å². The summed E-state index contributed by atoms with van der Waals surface area (Å²) in [6, 6.07) is 3.32. The van der Waals surface area contributed by atoms with Crippen LogP contribution in [0.25, 0.3) is 0 Å². The summed E-state index contributed by atoms with van der Waals surface area (Å²) in [4.78, 5) is 12.0. The molecule has 0 fully saturated rings. The SMILES string of the molecule is CCCNC(=O)C(CCSC)NS(=O)(=O)c1cc(Cl)ccc1Cl. The Morgan fingerprint density at radius 3 is 2.65 bits per heavy atom. The van der Waals surface area contributed by atoms with E-state index >= 15 is 0 Å². The number of hydrogen-bond donors (Lipinski definition) is 2. The quantitative estimate of drug-likeness (QED) is 0.670. The van der Waals surface area contributed by atoms with Gasteiger partial charge in [-0.3, -0.25) is 4.79 Å². The lowest BCUT2D eigenvalue weighted by molar-refractivity contribution is -0.122. The fourth-order valence-electron chi connectivity index (χ4n) is 1.78. The van der Waals surface area contributed by atoms with E-state index in [9.17, 15) is 13.2 Å². The van der Waals surface area contributed by atoms with Gasteiger partial charge in [-0.05, 0) is 43.0 Å². The van der Waals surface area contributed by atoms with Crippen LogP contribution in [0.3, 0.4) is 0 Å². The van der Waals surface area contributed by atoms with Crippen LogP contribution in [0.1, 0.15) is 19.8 Å². The highest BCUT2D eigenvalue weighted by Gasteiger charge is 2.27. The van der Waals surface area contributed by atoms with E-state index in [1.54, 1.807) is 0 Å². The highest BCUT2D eigenvalue weighted by atomic mass is 35.5. The molecule has 0 radical (unpaired) electrons. The summed E-state index contributed by atoms with van der Waals surface area (Å²) in [7, 11) is -3.95. The van der Waals surface area contributed by atoms with Crippen molar-refractivity contribution >= 4 is 50.9 Å². The van der Waals surface area contributed by atoms with E-state index in [1.807, 2.05) is 13.2 Å². The second kappa shape index (κ2) is 9.74. The average Bonchev–Trinajstić information content (AvgIpc) is 2.51. The lowest BCUT2D eigenvalue weighted by Crippen LogP contribution is -2.47. The third-order valence-corrected chi connectivity index (χ3v) is 5.79. The third kappa shape index (κ3) is 6.51. The van der Waals surface area contributed by atoms with Gasteiger partial charge >= 0.3 is 0 Å². The van der Waals surface area contributed by atoms with Crippen molar-refractivity contribution in [2.75, 3.05) is 18.6 Å². The lowest BCUT2D eigenvalue weighted by atomic mass is 10.2. The van der Waals surface area contributed by atoms with Crippen molar-refractivity contribution in [3.8, 4) is 0 Å². The summed E-state index contributed by atoms with van der Waals surface area (Å²) in [6.45, 7) is 2.42. The number of amides is 1. The Kier molecular flexibility index (Phi) is 8.71. The second-order valence-electron chi connectivity index (χ2n) is 4.82. The van der Waals surface area contributed by atoms with Crippen LogP contribution in [0.15, 0.2) is 23.1 Å². The molecule has 0 saturated heterocycles. The zero-order chi connectivity index (χ0) is 17.5. The molecule has 5 nitrogen and oxygen atoms in total. The van der Waals surface area contributed by atoms with Gasteiger partial charge in [0.1, 0.15) is 10.9 Å². The first-order valence-electron chi connectivity index (χ1n) is 7.05. The van der Waals surface area contributed by atoms with E-state index in [0.29, 0.717) is 18.7 Å². The van der Waals surface area contributed by atoms with Crippen LogP contribution in [0.5, 0.6) is 0 Å². The van der Waals surface area contributed by atoms with Gasteiger partial charge in [0.05, 0.1) is 5.02 Å². The molecule has 1 aromatic rings. The van der Waals surface area contributed by atoms with E-state index < -0.39 is 16.1 Å². The van der Waals surface area contributed by atoms with E-state index in [1.165, 1.54) is 30.0 Å². The van der Waals surface area contributed by atoms with Crippen LogP contribution in [0.4, 0.5) is 0 Å². The first-order valence-corrected chi connectivity index (χ1v) is 10.7. The maximum Gasteiger partial charge on any atom is 0.242 e. The van der Waals surface area contributed by atoms with Crippen LogP contribution in [0, 0.1) is 0 Å². The molecule has 1 unspecified atom stereocenters. The molecule has 1 amide bonds. The minimum atomic E-state index is -3.95. The zero-order valence-electron chi connectivity index (χ0n) is 12.9. The van der Waals surface area contributed by atoms with Crippen LogP contribution >= 0.6 is 35.0 Å². The summed E-state index contributed by atoms with van der Waals surface area (Å²) < 4.78 is 27.5. The highest BCUT2D eigenvalue weighted by Crippen LogP contribution is 2.25. The summed E-state index contributed by atoms with van der Waals surface area (Å²) in [5, 5.41) is 3.02. The third-order valence-electron chi connectivity index (χ3n) is 2.96. The van der Waals surface area contributed by atoms with Gasteiger partial charge in [-0.1, -0.05) is 30.1 Å². The van der Waals surface area contributed by atoms with Gasteiger partial charge in [0.25, 0.3) is 0 Å². The van der Waals surface area contributed by atoms with Gasteiger partial charge < -0.3 is 5.32 Å². The van der Waals surface area contributed by atoms with Crippen molar-refractivity contribution in [1.29, 1.82) is 0 Å². The summed E-state index contributed by atoms with van der Waals surface area (Å²) in [5.74, 6) is 0.304. The predicted molar refractivity (Wildman–Crippen MR) is 96.9 cm³/mol. The van der Waals surface area contributed by atoms with Crippen molar-refractivity contribution in [2.45, 2.75) is 30.7 Å². The van der Waals surface area contributed by atoms with Crippen LogP contribution in [-0.4, -0.2) is 38.9 Å². The Morgan fingerprint density at radius 2 is 2.04 bits per heavy atom. The largest absolute Gasteiger partial charge is 0.355 e. The molecule has 9 heteroatoms. The van der Waals surface area contributed by atoms with Gasteiger partial charge in [-0.2, -0.15) is 16.5 Å². The van der Waals surface area contributed by atoms with E-state index in [2.05, 4.69) is 10.0 Å². The fraction of sp³-hybridized carbons (Fsp3) is 0.500. The molecule has 23 heavy (non-hydrogen) atoms. The van der Waals surface area contributed by atoms with E-state index in [4.69, 9.17) is 23.2 Å². The van der Waals surface area contributed by atoms with E-state index in [0.717, 1.165) is 6.42 Å². The molecule has 1 atom stereocenters. The number of carbonyl (C=O) groups excluding carboxylic acids is 1. The van der Waals surface area contributed by atoms with Crippen molar-refractivity contribution in [1.82, 2.24) is 10.0 Å². The summed E-state index contributed by atoms with van der Waals surface area (Å²) in [6.07, 6.45) is 3.05. The monoisotopic (exact) mass is 398 g/mol. The molecular formula is C14H20Cl2N2O3S2. The zero-order valence-corrected chi connectivity index (χ0v) is 16.1. The average molecular weight is 399 g/mol. The number of carbonyl (C=O) groups is 1. The molecule has 0 aliphatic heterocycles. The van der Waals surface area contributed by atoms with Crippen LogP contribution < -0.4 is 10.0 Å². The fourth-order valence-corrected chi connectivity index (χ4v) is 4.25. The molecule has 1 rings (SSSR count). The van der Waals surface area contributed by atoms with Crippen molar-refractivity contribution in [2.24, 2.45) is 0 Å². The molecule has 0 aliphatic carbocycles. The van der Waals surface area contributed by atoms with Crippen LogP contribution in [-0.2, 0) is 14.8 Å². The molecule has 0 spiro atoms. The Bertz CT molecular complexity index is 639. The summed E-state index contributed by atoms with van der Waals surface area (Å²) in [5.41, 5.74) is 0. The molecule has 0 aromatic heterocycles. The summed E-state index contributed by atoms with van der Waals surface area (Å²) >= 11 is 13.3. The number of rotatable bonds is 9. The molecule has 0 saturated carbocycles. The minimum absolute atomic E-state index is 0.0551. The normalized spacial score (nSPS) is 12.9. The van der Waals surface area contributed by atoms with Crippen LogP contribution in [0.2, 0.25) is 10.0 Å². The van der Waals surface area contributed by atoms with Crippen molar-refractivity contribution in [3.05, 3.63) is 28.2 Å². The Labute approximate surface area is 151 Å². The van der Waals surface area contributed by atoms with E-state index in [-0.39, 0.29) is 20.8 Å². The molecule has 1 aromatic carbocycles. The maximum absolute atomic E-state index is 12.5. The maximum atomic E-state index is 12.5. The number of nitrogens with one attached hydrogen (secondary N) is 2. The number of benzene rings is 1. The van der Waals surface area contributed by atoms with Gasteiger partial charge in [-0.15, -0.1) is 0 Å². The molecule has 0 heterocycles. The molecule has 130 valence electrons. The second-order valence-corrected chi connectivity index (χ2v) is 8.33. The number of sulfonamides is 1. The lowest BCUT2D eigenvalue weighted by Gasteiger charge is -2.18. The van der Waals surface area contributed by atoms with Gasteiger partial charge in [-0.25, -0.2) is 8.42 Å². The van der Waals surface area contributed by atoms with Gasteiger partial charge in [0.15, 0.2) is 0 Å². The Morgan fingerprint density at radius 1 is 1.35 bits per heavy atom. The minimum Gasteiger partial charge on any atom is -0.355 e. The topological polar surface area (TPSA) is 75.3 Å². The number of thioether (sulfide) groups is 1. The highest BCUT2D eigenvalue weighted by molar-refractivity contribution is 7.98. The first-order chi connectivity index (χ1) is 10.8. The molecular weight excluding hydrogens is 379 g/mol.